The van der Waals surface area contributed by atoms with Crippen molar-refractivity contribution in [3.8, 4) is 11.1 Å². The Bertz CT molecular complexity index is 620. The maximum atomic E-state index is 8.88. The highest BCUT2D eigenvalue weighted by Gasteiger charge is 2.22. The number of aliphatic hydroxyl groups is 1. The third-order valence-corrected chi connectivity index (χ3v) is 3.81. The summed E-state index contributed by atoms with van der Waals surface area (Å²) in [6.07, 6.45) is 4.66. The average Bonchev–Trinajstić information content (AvgIpc) is 3.03. The Morgan fingerprint density at radius 3 is 2.90 bits per heavy atom. The number of aliphatic hydroxyl groups excluding tert-OH is 1. The number of aromatic nitrogens is 2. The number of nitrogen functional groups attached to an aromatic ring is 1. The summed E-state index contributed by atoms with van der Waals surface area (Å²) in [5, 5.41) is 13.2. The van der Waals surface area contributed by atoms with Gasteiger partial charge in [-0.2, -0.15) is 5.10 Å². The fourth-order valence-corrected chi connectivity index (χ4v) is 2.80. The van der Waals surface area contributed by atoms with Crippen LogP contribution in [-0.4, -0.2) is 33.4 Å². The van der Waals surface area contributed by atoms with Gasteiger partial charge < -0.3 is 10.8 Å². The minimum atomic E-state index is 0.192. The summed E-state index contributed by atoms with van der Waals surface area (Å²) in [5.74, 6) is 0. The van der Waals surface area contributed by atoms with Crippen molar-refractivity contribution in [2.75, 3.05) is 19.4 Å². The molecule has 3 N–H and O–H groups in total. The molecule has 0 amide bonds. The zero-order valence-electron chi connectivity index (χ0n) is 11.7. The van der Waals surface area contributed by atoms with Crippen LogP contribution in [0.3, 0.4) is 0 Å². The number of hydrogen-bond acceptors (Lipinski definition) is 4. The van der Waals surface area contributed by atoms with E-state index in [4.69, 9.17) is 10.8 Å². The number of aryl methyl sites for hydroxylation is 1. The van der Waals surface area contributed by atoms with E-state index in [1.165, 1.54) is 16.7 Å². The van der Waals surface area contributed by atoms with Gasteiger partial charge in [0.2, 0.25) is 0 Å². The van der Waals surface area contributed by atoms with Gasteiger partial charge in [0, 0.05) is 43.7 Å². The first kappa shape index (κ1) is 13.1. The van der Waals surface area contributed by atoms with Crippen molar-refractivity contribution in [3.63, 3.8) is 0 Å². The molecule has 20 heavy (non-hydrogen) atoms. The first-order valence-corrected chi connectivity index (χ1v) is 6.91. The van der Waals surface area contributed by atoms with Gasteiger partial charge in [-0.1, -0.05) is 6.07 Å². The molecule has 0 unspecified atom stereocenters. The molecule has 1 aliphatic heterocycles. The van der Waals surface area contributed by atoms with Crippen LogP contribution in [0.25, 0.3) is 11.1 Å². The Labute approximate surface area is 118 Å². The predicted octanol–water partition coefficient (Wildman–Crippen LogP) is 1.46. The lowest BCUT2D eigenvalue weighted by Crippen LogP contribution is -2.08. The first-order chi connectivity index (χ1) is 9.69. The van der Waals surface area contributed by atoms with Gasteiger partial charge in [0.1, 0.15) is 0 Å². The molecule has 5 heteroatoms. The molecule has 0 saturated carbocycles. The van der Waals surface area contributed by atoms with Crippen LogP contribution in [0.15, 0.2) is 24.5 Å². The van der Waals surface area contributed by atoms with E-state index in [1.807, 2.05) is 23.1 Å². The molecule has 106 valence electrons. The normalized spacial score (nSPS) is 14.7. The minimum Gasteiger partial charge on any atom is -0.398 e. The van der Waals surface area contributed by atoms with E-state index in [0.717, 1.165) is 37.3 Å². The van der Waals surface area contributed by atoms with E-state index in [9.17, 15) is 0 Å². The third-order valence-electron chi connectivity index (χ3n) is 3.81. The summed E-state index contributed by atoms with van der Waals surface area (Å²) in [6.45, 7) is 2.77. The Morgan fingerprint density at radius 2 is 2.10 bits per heavy atom. The average molecular weight is 272 g/mol. The molecule has 0 radical (unpaired) electrons. The molecule has 0 aliphatic carbocycles. The van der Waals surface area contributed by atoms with Gasteiger partial charge in [0.25, 0.3) is 0 Å². The fourth-order valence-electron chi connectivity index (χ4n) is 2.80. The summed E-state index contributed by atoms with van der Waals surface area (Å²) in [6, 6.07) is 4.07. The van der Waals surface area contributed by atoms with E-state index in [2.05, 4.69) is 23.1 Å². The number of nitrogens with zero attached hydrogens (tertiary/aromatic N) is 3. The molecule has 0 bridgehead atoms. The van der Waals surface area contributed by atoms with Crippen LogP contribution in [-0.2, 0) is 19.6 Å². The number of benzene rings is 1. The van der Waals surface area contributed by atoms with Gasteiger partial charge in [-0.25, -0.2) is 0 Å². The van der Waals surface area contributed by atoms with E-state index in [-0.39, 0.29) is 6.61 Å². The van der Waals surface area contributed by atoms with Crippen molar-refractivity contribution in [1.29, 1.82) is 0 Å². The van der Waals surface area contributed by atoms with Crippen molar-refractivity contribution in [2.24, 2.45) is 0 Å². The van der Waals surface area contributed by atoms with Gasteiger partial charge in [0.05, 0.1) is 6.20 Å². The molecule has 3 rings (SSSR count). The second kappa shape index (κ2) is 5.26. The lowest BCUT2D eigenvalue weighted by Gasteiger charge is -2.08. The number of rotatable bonds is 4. The maximum absolute atomic E-state index is 8.88. The van der Waals surface area contributed by atoms with E-state index in [0.29, 0.717) is 0 Å². The molecule has 0 atom stereocenters. The molecule has 2 heterocycles. The van der Waals surface area contributed by atoms with Crippen LogP contribution in [0.4, 0.5) is 5.69 Å². The molecule has 0 spiro atoms. The molecule has 2 aromatic rings. The molecule has 5 nitrogen and oxygen atoms in total. The summed E-state index contributed by atoms with van der Waals surface area (Å²) in [5.41, 5.74) is 11.8. The minimum absolute atomic E-state index is 0.192. The van der Waals surface area contributed by atoms with Gasteiger partial charge in [-0.3, -0.25) is 9.58 Å². The molecular weight excluding hydrogens is 252 g/mol. The monoisotopic (exact) mass is 272 g/mol. The highest BCUT2D eigenvalue weighted by molar-refractivity contribution is 5.72. The lowest BCUT2D eigenvalue weighted by atomic mass is 9.98. The number of nitrogens with two attached hydrogens (primary N) is 1. The van der Waals surface area contributed by atoms with Gasteiger partial charge in [0.15, 0.2) is 0 Å². The number of fused-ring (bicyclic) bond motifs is 1. The zero-order valence-corrected chi connectivity index (χ0v) is 11.7. The zero-order chi connectivity index (χ0) is 14.1. The Hall–Kier alpha value is -1.85. The highest BCUT2D eigenvalue weighted by Crippen LogP contribution is 2.35. The van der Waals surface area contributed by atoms with Gasteiger partial charge >= 0.3 is 0 Å². The van der Waals surface area contributed by atoms with Crippen LogP contribution in [0.1, 0.15) is 17.5 Å². The first-order valence-electron chi connectivity index (χ1n) is 6.91. The molecule has 0 fully saturated rings. The SMILES string of the molecule is CN1Cc2c(N)ccc(-c3cnn(CCCO)c3)c2C1. The molecule has 1 aromatic heterocycles. The third kappa shape index (κ3) is 2.30. The van der Waals surface area contributed by atoms with E-state index < -0.39 is 0 Å². The summed E-state index contributed by atoms with van der Waals surface area (Å²) < 4.78 is 1.88. The number of hydrogen-bond donors (Lipinski definition) is 2. The van der Waals surface area contributed by atoms with Crippen LogP contribution in [0.2, 0.25) is 0 Å². The summed E-state index contributed by atoms with van der Waals surface area (Å²) in [4.78, 5) is 2.26. The van der Waals surface area contributed by atoms with Crippen molar-refractivity contribution in [3.05, 3.63) is 35.7 Å². The Kier molecular flexibility index (Phi) is 3.46. The van der Waals surface area contributed by atoms with Gasteiger partial charge in [-0.05, 0) is 36.2 Å². The topological polar surface area (TPSA) is 67.3 Å². The van der Waals surface area contributed by atoms with Crippen LogP contribution in [0, 0.1) is 0 Å². The van der Waals surface area contributed by atoms with Crippen LogP contribution in [0.5, 0.6) is 0 Å². The summed E-state index contributed by atoms with van der Waals surface area (Å²) >= 11 is 0. The molecule has 1 aliphatic rings. The van der Waals surface area contributed by atoms with Crippen molar-refractivity contribution < 1.29 is 5.11 Å². The molecule has 0 saturated heterocycles. The highest BCUT2D eigenvalue weighted by atomic mass is 16.3. The van der Waals surface area contributed by atoms with E-state index in [1.54, 1.807) is 0 Å². The van der Waals surface area contributed by atoms with Gasteiger partial charge in [-0.15, -0.1) is 0 Å². The predicted molar refractivity (Wildman–Crippen MR) is 78.9 cm³/mol. The summed E-state index contributed by atoms with van der Waals surface area (Å²) in [7, 11) is 2.11. The number of anilines is 1. The second-order valence-electron chi connectivity index (χ2n) is 5.40. The smallest absolute Gasteiger partial charge is 0.0568 e. The van der Waals surface area contributed by atoms with Crippen molar-refractivity contribution in [2.45, 2.75) is 26.1 Å². The van der Waals surface area contributed by atoms with Crippen LogP contribution < -0.4 is 5.73 Å². The quantitative estimate of drug-likeness (QED) is 0.827. The molecular formula is C15H20N4O. The van der Waals surface area contributed by atoms with Crippen molar-refractivity contribution >= 4 is 5.69 Å². The van der Waals surface area contributed by atoms with Crippen LogP contribution >= 0.6 is 0 Å². The Balaban J connectivity index is 1.95. The lowest BCUT2D eigenvalue weighted by molar-refractivity contribution is 0.277. The fraction of sp³-hybridized carbons (Fsp3) is 0.400. The Morgan fingerprint density at radius 1 is 1.30 bits per heavy atom. The second-order valence-corrected chi connectivity index (χ2v) is 5.40. The van der Waals surface area contributed by atoms with Crippen molar-refractivity contribution in [1.82, 2.24) is 14.7 Å². The largest absolute Gasteiger partial charge is 0.398 e. The standard InChI is InChI=1S/C15H20N4O/c1-18-9-13-12(3-4-15(16)14(13)10-18)11-7-17-19(8-11)5-2-6-20/h3-4,7-8,20H,2,5-6,9-10,16H2,1H3. The van der Waals surface area contributed by atoms with E-state index >= 15 is 0 Å². The maximum Gasteiger partial charge on any atom is 0.0568 e. The molecule has 1 aromatic carbocycles.